The lowest BCUT2D eigenvalue weighted by molar-refractivity contribution is 0.0996. The number of carbonyl (C=O) groups excluding carboxylic acids is 1. The zero-order valence-corrected chi connectivity index (χ0v) is 19.4. The molecule has 2 aromatic heterocycles. The highest BCUT2D eigenvalue weighted by Gasteiger charge is 2.18. The van der Waals surface area contributed by atoms with Crippen LogP contribution in [0.3, 0.4) is 0 Å². The lowest BCUT2D eigenvalue weighted by atomic mass is 10.2. The van der Waals surface area contributed by atoms with Crippen LogP contribution in [0.1, 0.15) is 28.7 Å². The number of carbonyl (C=O) groups is 1. The van der Waals surface area contributed by atoms with Crippen molar-refractivity contribution in [3.63, 3.8) is 0 Å². The molecule has 0 atom stereocenters. The van der Waals surface area contributed by atoms with Crippen LogP contribution in [0.25, 0.3) is 0 Å². The van der Waals surface area contributed by atoms with E-state index in [0.29, 0.717) is 43.4 Å². The number of rotatable bonds is 9. The number of ether oxygens (including phenoxy) is 2. The first-order valence-corrected chi connectivity index (χ1v) is 11.2. The summed E-state index contributed by atoms with van der Waals surface area (Å²) in [5.41, 5.74) is 8.09. The lowest BCUT2D eigenvalue weighted by Gasteiger charge is -2.27. The SMILES string of the molecule is CCc1nc(C(N)=O)c(Nc2ccc(N3CCOCC3)nc2)nc1NCc1ccc(OC)cc1. The second-order valence-electron chi connectivity index (χ2n) is 7.77. The molecule has 1 amide bonds. The molecule has 0 spiro atoms. The van der Waals surface area contributed by atoms with Gasteiger partial charge in [-0.3, -0.25) is 4.79 Å². The molecule has 1 aromatic carbocycles. The van der Waals surface area contributed by atoms with Crippen LogP contribution in [0.5, 0.6) is 5.75 Å². The van der Waals surface area contributed by atoms with Crippen LogP contribution in [-0.2, 0) is 17.7 Å². The molecular weight excluding hydrogens is 434 g/mol. The number of hydrogen-bond acceptors (Lipinski definition) is 9. The van der Waals surface area contributed by atoms with Gasteiger partial charge in [-0.1, -0.05) is 19.1 Å². The quantitative estimate of drug-likeness (QED) is 0.439. The average Bonchev–Trinajstić information content (AvgIpc) is 2.88. The van der Waals surface area contributed by atoms with Crippen molar-refractivity contribution in [3.05, 3.63) is 59.5 Å². The maximum Gasteiger partial charge on any atom is 0.271 e. The number of benzene rings is 1. The van der Waals surface area contributed by atoms with Crippen LogP contribution in [-0.4, -0.2) is 54.3 Å². The molecule has 4 rings (SSSR count). The minimum absolute atomic E-state index is 0.0871. The summed E-state index contributed by atoms with van der Waals surface area (Å²) in [6.45, 7) is 5.48. The molecule has 4 N–H and O–H groups in total. The molecule has 1 fully saturated rings. The Morgan fingerprint density at radius 1 is 1.12 bits per heavy atom. The standard InChI is InChI=1S/C24H29N7O3/c1-3-19-23(27-14-16-4-7-18(33-2)8-5-16)30-24(21(29-19)22(25)32)28-17-6-9-20(26-15-17)31-10-12-34-13-11-31/h4-9,15H,3,10-14H2,1-2H3,(H2,25,32)(H2,27,28,30). The number of anilines is 4. The normalized spacial score (nSPS) is 13.4. The lowest BCUT2D eigenvalue weighted by Crippen LogP contribution is -2.36. The fourth-order valence-electron chi connectivity index (χ4n) is 3.62. The summed E-state index contributed by atoms with van der Waals surface area (Å²) >= 11 is 0. The molecule has 0 radical (unpaired) electrons. The summed E-state index contributed by atoms with van der Waals surface area (Å²) in [6, 6.07) is 11.6. The predicted octanol–water partition coefficient (Wildman–Crippen LogP) is 2.73. The number of nitrogens with zero attached hydrogens (tertiary/aromatic N) is 4. The first kappa shape index (κ1) is 23.2. The van der Waals surface area contributed by atoms with E-state index in [-0.39, 0.29) is 11.5 Å². The molecule has 0 saturated carbocycles. The Kier molecular flexibility index (Phi) is 7.38. The number of methoxy groups -OCH3 is 1. The third kappa shape index (κ3) is 5.52. The van der Waals surface area contributed by atoms with Crippen molar-refractivity contribution in [2.75, 3.05) is 48.9 Å². The summed E-state index contributed by atoms with van der Waals surface area (Å²) in [5, 5.41) is 6.47. The van der Waals surface area contributed by atoms with Gasteiger partial charge in [-0.15, -0.1) is 0 Å². The molecule has 3 aromatic rings. The molecule has 178 valence electrons. The first-order chi connectivity index (χ1) is 16.6. The minimum Gasteiger partial charge on any atom is -0.497 e. The summed E-state index contributed by atoms with van der Waals surface area (Å²) in [6.07, 6.45) is 2.30. The van der Waals surface area contributed by atoms with E-state index in [9.17, 15) is 4.79 Å². The number of amides is 1. The van der Waals surface area contributed by atoms with Crippen molar-refractivity contribution >= 4 is 29.0 Å². The predicted molar refractivity (Wildman–Crippen MR) is 131 cm³/mol. The van der Waals surface area contributed by atoms with Gasteiger partial charge >= 0.3 is 0 Å². The van der Waals surface area contributed by atoms with E-state index in [1.165, 1.54) is 0 Å². The van der Waals surface area contributed by atoms with Gasteiger partial charge in [0.2, 0.25) is 0 Å². The van der Waals surface area contributed by atoms with Crippen molar-refractivity contribution in [2.45, 2.75) is 19.9 Å². The van der Waals surface area contributed by atoms with E-state index in [4.69, 9.17) is 15.2 Å². The van der Waals surface area contributed by atoms with Crippen LogP contribution in [0.4, 0.5) is 23.1 Å². The molecule has 34 heavy (non-hydrogen) atoms. The first-order valence-electron chi connectivity index (χ1n) is 11.2. The minimum atomic E-state index is -0.649. The fraction of sp³-hybridized carbons (Fsp3) is 0.333. The highest BCUT2D eigenvalue weighted by molar-refractivity contribution is 5.96. The third-order valence-corrected chi connectivity index (χ3v) is 5.50. The second-order valence-corrected chi connectivity index (χ2v) is 7.77. The van der Waals surface area contributed by atoms with E-state index < -0.39 is 5.91 Å². The number of nitrogens with one attached hydrogen (secondary N) is 2. The molecule has 1 aliphatic heterocycles. The largest absolute Gasteiger partial charge is 0.497 e. The van der Waals surface area contributed by atoms with Gasteiger partial charge in [0.15, 0.2) is 17.3 Å². The van der Waals surface area contributed by atoms with Crippen LogP contribution in [0.15, 0.2) is 42.6 Å². The fourth-order valence-corrected chi connectivity index (χ4v) is 3.62. The number of primary amides is 1. The summed E-state index contributed by atoms with van der Waals surface area (Å²) in [7, 11) is 1.64. The molecule has 3 heterocycles. The average molecular weight is 464 g/mol. The van der Waals surface area contributed by atoms with Crippen molar-refractivity contribution < 1.29 is 14.3 Å². The van der Waals surface area contributed by atoms with Crippen LogP contribution in [0, 0.1) is 0 Å². The number of nitrogens with two attached hydrogens (primary N) is 1. The van der Waals surface area contributed by atoms with Crippen molar-refractivity contribution in [1.29, 1.82) is 0 Å². The van der Waals surface area contributed by atoms with Crippen molar-refractivity contribution in [3.8, 4) is 5.75 Å². The van der Waals surface area contributed by atoms with E-state index in [2.05, 4.69) is 30.5 Å². The van der Waals surface area contributed by atoms with Crippen molar-refractivity contribution in [1.82, 2.24) is 15.0 Å². The Balaban J connectivity index is 1.54. The molecular formula is C24H29N7O3. The monoisotopic (exact) mass is 463 g/mol. The van der Waals surface area contributed by atoms with Gasteiger partial charge in [0.05, 0.1) is 37.9 Å². The zero-order valence-electron chi connectivity index (χ0n) is 19.4. The number of morpholine rings is 1. The van der Waals surface area contributed by atoms with Crippen LogP contribution < -0.4 is 26.0 Å². The molecule has 0 unspecified atom stereocenters. The zero-order chi connectivity index (χ0) is 23.9. The van der Waals surface area contributed by atoms with Gasteiger partial charge in [-0.2, -0.15) is 0 Å². The summed E-state index contributed by atoms with van der Waals surface area (Å²) < 4.78 is 10.6. The third-order valence-electron chi connectivity index (χ3n) is 5.50. The second kappa shape index (κ2) is 10.8. The Hall–Kier alpha value is -3.92. The highest BCUT2D eigenvalue weighted by Crippen LogP contribution is 2.24. The van der Waals surface area contributed by atoms with Crippen LogP contribution >= 0.6 is 0 Å². The van der Waals surface area contributed by atoms with Gasteiger partial charge in [-0.25, -0.2) is 15.0 Å². The summed E-state index contributed by atoms with van der Waals surface area (Å²) in [4.78, 5) is 28.0. The maximum atomic E-state index is 12.1. The molecule has 10 heteroatoms. The van der Waals surface area contributed by atoms with Gasteiger partial charge in [0.1, 0.15) is 11.6 Å². The van der Waals surface area contributed by atoms with E-state index in [1.54, 1.807) is 13.3 Å². The van der Waals surface area contributed by atoms with Crippen LogP contribution in [0.2, 0.25) is 0 Å². The molecule has 1 saturated heterocycles. The van der Waals surface area contributed by atoms with Gasteiger partial charge in [-0.05, 0) is 36.2 Å². The van der Waals surface area contributed by atoms with E-state index in [0.717, 1.165) is 30.2 Å². The smallest absolute Gasteiger partial charge is 0.271 e. The molecule has 0 bridgehead atoms. The van der Waals surface area contributed by atoms with Gasteiger partial charge in [0, 0.05) is 19.6 Å². The topological polar surface area (TPSA) is 128 Å². The van der Waals surface area contributed by atoms with Crippen molar-refractivity contribution in [2.24, 2.45) is 5.73 Å². The number of aromatic nitrogens is 3. The number of aryl methyl sites for hydroxylation is 1. The van der Waals surface area contributed by atoms with Gasteiger partial charge < -0.3 is 30.7 Å². The molecule has 1 aliphatic rings. The Labute approximate surface area is 198 Å². The number of hydrogen-bond donors (Lipinski definition) is 3. The molecule has 10 nitrogen and oxygen atoms in total. The van der Waals surface area contributed by atoms with Gasteiger partial charge in [0.25, 0.3) is 5.91 Å². The van der Waals surface area contributed by atoms with E-state index >= 15 is 0 Å². The number of pyridine rings is 1. The Morgan fingerprint density at radius 2 is 1.88 bits per heavy atom. The Bertz CT molecular complexity index is 1110. The molecule has 0 aliphatic carbocycles. The Morgan fingerprint density at radius 3 is 2.50 bits per heavy atom. The maximum absolute atomic E-state index is 12.1. The summed E-state index contributed by atoms with van der Waals surface area (Å²) in [5.74, 6) is 1.89. The highest BCUT2D eigenvalue weighted by atomic mass is 16.5. The van der Waals surface area contributed by atoms with E-state index in [1.807, 2.05) is 43.3 Å².